The van der Waals surface area contributed by atoms with Gasteiger partial charge in [0.05, 0.1) is 12.7 Å². The Morgan fingerprint density at radius 2 is 1.79 bits per heavy atom. The molecule has 19 heavy (non-hydrogen) atoms. The molecule has 3 N–H and O–H groups in total. The Labute approximate surface area is 119 Å². The molecule has 0 atom stereocenters. The molecule has 0 radical (unpaired) electrons. The van der Waals surface area contributed by atoms with Crippen molar-refractivity contribution in [2.75, 3.05) is 7.11 Å². The van der Waals surface area contributed by atoms with Crippen molar-refractivity contribution in [3.63, 3.8) is 0 Å². The number of nitrogen functional groups attached to an aromatic ring is 1. The van der Waals surface area contributed by atoms with Gasteiger partial charge in [0, 0.05) is 4.47 Å². The van der Waals surface area contributed by atoms with E-state index >= 15 is 0 Å². The molecular weight excluding hydrogens is 308 g/mol. The van der Waals surface area contributed by atoms with E-state index in [0.29, 0.717) is 22.8 Å². The van der Waals surface area contributed by atoms with Crippen LogP contribution in [0.2, 0.25) is 0 Å². The topological polar surface area (TPSA) is 68.3 Å². The highest BCUT2D eigenvalue weighted by Crippen LogP contribution is 2.33. The van der Waals surface area contributed by atoms with Gasteiger partial charge >= 0.3 is 0 Å². The van der Waals surface area contributed by atoms with Gasteiger partial charge in [-0.2, -0.15) is 0 Å². The smallest absolute Gasteiger partial charge is 0.169 e. The van der Waals surface area contributed by atoms with E-state index in [2.05, 4.69) is 15.9 Å². The van der Waals surface area contributed by atoms with Crippen molar-refractivity contribution in [3.05, 3.63) is 52.5 Å². The maximum Gasteiger partial charge on any atom is 0.169 e. The number of hydrogen-bond donors (Lipinski definition) is 2. The molecule has 0 aliphatic rings. The van der Waals surface area contributed by atoms with E-state index in [0.717, 1.165) is 4.47 Å². The van der Waals surface area contributed by atoms with E-state index in [1.54, 1.807) is 31.4 Å². The van der Waals surface area contributed by atoms with Crippen LogP contribution in [0.1, 0.15) is 5.56 Å². The third-order valence-corrected chi connectivity index (χ3v) is 3.02. The van der Waals surface area contributed by atoms with Crippen molar-refractivity contribution in [3.8, 4) is 17.2 Å². The second-order valence-electron chi connectivity index (χ2n) is 3.81. The maximum atomic E-state index is 7.56. The number of halogens is 1. The Kier molecular flexibility index (Phi) is 4.06. The number of hydrogen-bond acceptors (Lipinski definition) is 3. The molecule has 0 saturated heterocycles. The average Bonchev–Trinajstić information content (AvgIpc) is 2.39. The van der Waals surface area contributed by atoms with Crippen LogP contribution in [0.4, 0.5) is 0 Å². The summed E-state index contributed by atoms with van der Waals surface area (Å²) < 4.78 is 11.9. The minimum atomic E-state index is -0.0441. The third kappa shape index (κ3) is 3.06. The monoisotopic (exact) mass is 320 g/mol. The largest absolute Gasteiger partial charge is 0.493 e. The van der Waals surface area contributed by atoms with Crippen molar-refractivity contribution in [2.45, 2.75) is 0 Å². The van der Waals surface area contributed by atoms with Gasteiger partial charge < -0.3 is 15.2 Å². The van der Waals surface area contributed by atoms with Gasteiger partial charge in [-0.05, 0) is 30.3 Å². The van der Waals surface area contributed by atoms with E-state index in [1.165, 1.54) is 0 Å². The predicted molar refractivity (Wildman–Crippen MR) is 78.2 cm³/mol. The minimum Gasteiger partial charge on any atom is -0.493 e. The first-order valence-corrected chi connectivity index (χ1v) is 6.36. The van der Waals surface area contributed by atoms with E-state index in [1.807, 2.05) is 18.2 Å². The van der Waals surface area contributed by atoms with Gasteiger partial charge in [-0.1, -0.05) is 28.1 Å². The van der Waals surface area contributed by atoms with Gasteiger partial charge in [0.2, 0.25) is 0 Å². The van der Waals surface area contributed by atoms with Crippen molar-refractivity contribution in [1.29, 1.82) is 5.41 Å². The van der Waals surface area contributed by atoms with Crippen LogP contribution in [-0.4, -0.2) is 12.9 Å². The van der Waals surface area contributed by atoms with Crippen LogP contribution in [0.3, 0.4) is 0 Å². The number of rotatable bonds is 4. The lowest BCUT2D eigenvalue weighted by molar-refractivity contribution is 0.378. The molecular formula is C14H13BrN2O2. The Hall–Kier alpha value is -2.01. The van der Waals surface area contributed by atoms with E-state index in [9.17, 15) is 0 Å². The molecule has 0 aliphatic carbocycles. The molecule has 0 amide bonds. The van der Waals surface area contributed by atoms with E-state index in [-0.39, 0.29) is 5.84 Å². The lowest BCUT2D eigenvalue weighted by Gasteiger charge is -2.13. The fourth-order valence-electron chi connectivity index (χ4n) is 1.62. The van der Waals surface area contributed by atoms with Gasteiger partial charge in [0.15, 0.2) is 11.5 Å². The van der Waals surface area contributed by atoms with Crippen molar-refractivity contribution >= 4 is 21.8 Å². The average molecular weight is 321 g/mol. The normalized spacial score (nSPS) is 10.0. The zero-order valence-corrected chi connectivity index (χ0v) is 11.9. The van der Waals surface area contributed by atoms with Crippen molar-refractivity contribution in [2.24, 2.45) is 5.73 Å². The zero-order chi connectivity index (χ0) is 13.8. The van der Waals surface area contributed by atoms with Gasteiger partial charge in [0.25, 0.3) is 0 Å². The number of methoxy groups -OCH3 is 1. The molecule has 0 saturated carbocycles. The van der Waals surface area contributed by atoms with Crippen molar-refractivity contribution < 1.29 is 9.47 Å². The molecule has 0 aliphatic heterocycles. The fraction of sp³-hybridized carbons (Fsp3) is 0.0714. The number of nitrogens with two attached hydrogens (primary N) is 1. The predicted octanol–water partition coefficient (Wildman–Crippen LogP) is 3.53. The summed E-state index contributed by atoms with van der Waals surface area (Å²) in [6, 6.07) is 12.6. The van der Waals surface area contributed by atoms with Crippen LogP contribution in [0.15, 0.2) is 46.9 Å². The minimum absolute atomic E-state index is 0.0441. The zero-order valence-electron chi connectivity index (χ0n) is 10.3. The van der Waals surface area contributed by atoms with Gasteiger partial charge in [-0.25, -0.2) is 0 Å². The van der Waals surface area contributed by atoms with Crippen LogP contribution in [0.5, 0.6) is 17.2 Å². The second-order valence-corrected chi connectivity index (χ2v) is 4.72. The van der Waals surface area contributed by atoms with Crippen LogP contribution in [0.25, 0.3) is 0 Å². The first-order chi connectivity index (χ1) is 9.11. The van der Waals surface area contributed by atoms with Gasteiger partial charge in [-0.15, -0.1) is 0 Å². The molecule has 2 rings (SSSR count). The summed E-state index contributed by atoms with van der Waals surface area (Å²) in [4.78, 5) is 0. The molecule has 5 heteroatoms. The SMILES string of the molecule is COc1ccccc1Oc1cc(Br)ccc1C(=N)N. The number of benzene rings is 2. The van der Waals surface area contributed by atoms with Crippen LogP contribution in [0, 0.1) is 5.41 Å². The Morgan fingerprint density at radius 1 is 1.11 bits per heavy atom. The fourth-order valence-corrected chi connectivity index (χ4v) is 1.96. The van der Waals surface area contributed by atoms with Crippen LogP contribution >= 0.6 is 15.9 Å². The van der Waals surface area contributed by atoms with Crippen LogP contribution < -0.4 is 15.2 Å². The number of amidine groups is 1. The first-order valence-electron chi connectivity index (χ1n) is 5.56. The summed E-state index contributed by atoms with van der Waals surface area (Å²) in [5.41, 5.74) is 6.08. The molecule has 98 valence electrons. The second kappa shape index (κ2) is 5.75. The first kappa shape index (κ1) is 13.4. The van der Waals surface area contributed by atoms with Crippen LogP contribution in [-0.2, 0) is 0 Å². The Bertz CT molecular complexity index is 614. The molecule has 4 nitrogen and oxygen atoms in total. The van der Waals surface area contributed by atoms with Gasteiger partial charge in [0.1, 0.15) is 11.6 Å². The summed E-state index contributed by atoms with van der Waals surface area (Å²) >= 11 is 3.37. The lowest BCUT2D eigenvalue weighted by atomic mass is 10.2. The third-order valence-electron chi connectivity index (χ3n) is 2.52. The van der Waals surface area contributed by atoms with E-state index in [4.69, 9.17) is 20.6 Å². The van der Waals surface area contributed by atoms with Crippen molar-refractivity contribution in [1.82, 2.24) is 0 Å². The van der Waals surface area contributed by atoms with Gasteiger partial charge in [-0.3, -0.25) is 5.41 Å². The molecule has 0 fully saturated rings. The molecule has 2 aromatic carbocycles. The number of ether oxygens (including phenoxy) is 2. The molecule has 0 aromatic heterocycles. The highest BCUT2D eigenvalue weighted by molar-refractivity contribution is 9.10. The summed E-state index contributed by atoms with van der Waals surface area (Å²) in [7, 11) is 1.58. The number of nitrogens with one attached hydrogen (secondary N) is 1. The number of para-hydroxylation sites is 2. The molecule has 2 aromatic rings. The molecule has 0 bridgehead atoms. The Morgan fingerprint density at radius 3 is 2.42 bits per heavy atom. The molecule has 0 heterocycles. The highest BCUT2D eigenvalue weighted by Gasteiger charge is 2.11. The summed E-state index contributed by atoms with van der Waals surface area (Å²) in [5.74, 6) is 1.66. The van der Waals surface area contributed by atoms with E-state index < -0.39 is 0 Å². The maximum absolute atomic E-state index is 7.56. The Balaban J connectivity index is 2.42. The summed E-state index contributed by atoms with van der Waals surface area (Å²) in [6.07, 6.45) is 0. The quantitative estimate of drug-likeness (QED) is 0.668. The summed E-state index contributed by atoms with van der Waals surface area (Å²) in [6.45, 7) is 0. The lowest BCUT2D eigenvalue weighted by Crippen LogP contribution is -2.12. The molecule has 0 unspecified atom stereocenters. The highest BCUT2D eigenvalue weighted by atomic mass is 79.9. The summed E-state index contributed by atoms with van der Waals surface area (Å²) in [5, 5.41) is 7.56. The standard InChI is InChI=1S/C14H13BrN2O2/c1-18-11-4-2-3-5-12(11)19-13-8-9(15)6-7-10(13)14(16)17/h2-8H,1H3,(H3,16,17). The molecule has 0 spiro atoms.